The highest BCUT2D eigenvalue weighted by Crippen LogP contribution is 2.22. The highest BCUT2D eigenvalue weighted by Gasteiger charge is 2.12. The van der Waals surface area contributed by atoms with Crippen molar-refractivity contribution in [2.45, 2.75) is 19.9 Å². The fraction of sp³-hybridized carbons (Fsp3) is 0.500. The van der Waals surface area contributed by atoms with Crippen LogP contribution in [-0.2, 0) is 4.79 Å². The van der Waals surface area contributed by atoms with E-state index in [1.165, 1.54) is 13.2 Å². The molecular formula is C14H21FN2O2. The van der Waals surface area contributed by atoms with Gasteiger partial charge in [0.1, 0.15) is 0 Å². The van der Waals surface area contributed by atoms with Crippen molar-refractivity contribution in [1.29, 1.82) is 0 Å². The number of amides is 1. The number of nitrogens with one attached hydrogen (secondary N) is 1. The molecule has 5 heteroatoms. The summed E-state index contributed by atoms with van der Waals surface area (Å²) in [5.74, 6) is -0.146. The summed E-state index contributed by atoms with van der Waals surface area (Å²) in [6, 6.07) is 4.64. The summed E-state index contributed by atoms with van der Waals surface area (Å²) in [4.78, 5) is 13.3. The highest BCUT2D eigenvalue weighted by molar-refractivity contribution is 5.77. The van der Waals surface area contributed by atoms with Crippen LogP contribution in [-0.4, -0.2) is 38.1 Å². The van der Waals surface area contributed by atoms with Crippen molar-refractivity contribution in [3.05, 3.63) is 29.6 Å². The topological polar surface area (TPSA) is 41.6 Å². The van der Waals surface area contributed by atoms with Crippen molar-refractivity contribution < 1.29 is 13.9 Å². The van der Waals surface area contributed by atoms with E-state index in [-0.39, 0.29) is 30.1 Å². The summed E-state index contributed by atoms with van der Waals surface area (Å²) >= 11 is 0. The predicted molar refractivity (Wildman–Crippen MR) is 72.7 cm³/mol. The second kappa shape index (κ2) is 7.09. The minimum Gasteiger partial charge on any atom is -0.494 e. The lowest BCUT2D eigenvalue weighted by molar-refractivity contribution is -0.128. The van der Waals surface area contributed by atoms with Gasteiger partial charge in [0.15, 0.2) is 11.6 Å². The van der Waals surface area contributed by atoms with Gasteiger partial charge < -0.3 is 15.0 Å². The molecule has 0 fully saturated rings. The van der Waals surface area contributed by atoms with E-state index in [0.29, 0.717) is 6.54 Å². The molecule has 1 amide bonds. The SMILES string of the molecule is CCN(C)C(=O)CNC(C)c1ccc(F)c(OC)c1. The lowest BCUT2D eigenvalue weighted by Crippen LogP contribution is -2.36. The standard InChI is InChI=1S/C14H21FN2O2/c1-5-17(3)14(18)9-16-10(2)11-6-7-12(15)13(8-11)19-4/h6-8,10,16H,5,9H2,1-4H3. The monoisotopic (exact) mass is 268 g/mol. The van der Waals surface area contributed by atoms with E-state index in [2.05, 4.69) is 5.32 Å². The molecule has 1 N–H and O–H groups in total. The number of hydrogen-bond donors (Lipinski definition) is 1. The molecule has 1 atom stereocenters. The Morgan fingerprint density at radius 1 is 1.53 bits per heavy atom. The molecular weight excluding hydrogens is 247 g/mol. The van der Waals surface area contributed by atoms with E-state index < -0.39 is 0 Å². The Hall–Kier alpha value is -1.62. The highest BCUT2D eigenvalue weighted by atomic mass is 19.1. The number of carbonyl (C=O) groups excluding carboxylic acids is 1. The van der Waals surface area contributed by atoms with Crippen LogP contribution in [0.2, 0.25) is 0 Å². The zero-order valence-electron chi connectivity index (χ0n) is 11.9. The molecule has 4 nitrogen and oxygen atoms in total. The number of halogens is 1. The van der Waals surface area contributed by atoms with Gasteiger partial charge in [-0.05, 0) is 31.5 Å². The Morgan fingerprint density at radius 2 is 2.21 bits per heavy atom. The summed E-state index contributed by atoms with van der Waals surface area (Å²) in [7, 11) is 3.19. The Morgan fingerprint density at radius 3 is 2.79 bits per heavy atom. The van der Waals surface area contributed by atoms with Crippen molar-refractivity contribution in [2.75, 3.05) is 27.2 Å². The molecule has 0 spiro atoms. The fourth-order valence-electron chi connectivity index (χ4n) is 1.62. The van der Waals surface area contributed by atoms with Crippen molar-refractivity contribution >= 4 is 5.91 Å². The average Bonchev–Trinajstić information content (AvgIpc) is 2.43. The Labute approximate surface area is 113 Å². The van der Waals surface area contributed by atoms with Crippen LogP contribution in [0.15, 0.2) is 18.2 Å². The molecule has 1 aromatic rings. The summed E-state index contributed by atoms with van der Waals surface area (Å²) in [6.07, 6.45) is 0. The first kappa shape index (κ1) is 15.4. The van der Waals surface area contributed by atoms with E-state index in [1.807, 2.05) is 13.8 Å². The van der Waals surface area contributed by atoms with Gasteiger partial charge in [-0.15, -0.1) is 0 Å². The van der Waals surface area contributed by atoms with Crippen LogP contribution in [0.4, 0.5) is 4.39 Å². The number of carbonyl (C=O) groups is 1. The van der Waals surface area contributed by atoms with Gasteiger partial charge in [0.25, 0.3) is 0 Å². The van der Waals surface area contributed by atoms with Gasteiger partial charge in [-0.25, -0.2) is 4.39 Å². The van der Waals surface area contributed by atoms with Gasteiger partial charge >= 0.3 is 0 Å². The van der Waals surface area contributed by atoms with Crippen molar-refractivity contribution in [3.8, 4) is 5.75 Å². The first-order valence-electron chi connectivity index (χ1n) is 6.30. The predicted octanol–water partition coefficient (Wildman–Crippen LogP) is 1.96. The normalized spacial score (nSPS) is 12.1. The number of ether oxygens (including phenoxy) is 1. The number of benzene rings is 1. The maximum atomic E-state index is 13.3. The third kappa shape index (κ3) is 4.21. The van der Waals surface area contributed by atoms with Crippen LogP contribution in [0.3, 0.4) is 0 Å². The van der Waals surface area contributed by atoms with Crippen LogP contribution in [0, 0.1) is 5.82 Å². The smallest absolute Gasteiger partial charge is 0.236 e. The van der Waals surface area contributed by atoms with Gasteiger partial charge in [0.05, 0.1) is 13.7 Å². The second-order valence-electron chi connectivity index (χ2n) is 4.40. The lowest BCUT2D eigenvalue weighted by Gasteiger charge is -2.18. The summed E-state index contributed by atoms with van der Waals surface area (Å²) in [5, 5.41) is 3.12. The first-order chi connectivity index (χ1) is 8.99. The van der Waals surface area contributed by atoms with E-state index >= 15 is 0 Å². The summed E-state index contributed by atoms with van der Waals surface area (Å²) in [5.41, 5.74) is 0.880. The molecule has 0 aliphatic carbocycles. The van der Waals surface area contributed by atoms with Crippen LogP contribution < -0.4 is 10.1 Å². The molecule has 19 heavy (non-hydrogen) atoms. The van der Waals surface area contributed by atoms with Crippen LogP contribution >= 0.6 is 0 Å². The van der Waals surface area contributed by atoms with E-state index in [9.17, 15) is 9.18 Å². The largest absolute Gasteiger partial charge is 0.494 e. The number of hydrogen-bond acceptors (Lipinski definition) is 3. The van der Waals surface area contributed by atoms with Gasteiger partial charge in [-0.1, -0.05) is 6.07 Å². The molecule has 0 saturated heterocycles. The average molecular weight is 268 g/mol. The third-order valence-electron chi connectivity index (χ3n) is 3.13. The maximum Gasteiger partial charge on any atom is 0.236 e. The molecule has 0 saturated carbocycles. The number of nitrogens with zero attached hydrogens (tertiary/aromatic N) is 1. The molecule has 0 heterocycles. The quantitative estimate of drug-likeness (QED) is 0.857. The van der Waals surface area contributed by atoms with Crippen molar-refractivity contribution in [1.82, 2.24) is 10.2 Å². The second-order valence-corrected chi connectivity index (χ2v) is 4.40. The van der Waals surface area contributed by atoms with Crippen LogP contribution in [0.25, 0.3) is 0 Å². The molecule has 1 aromatic carbocycles. The molecule has 1 rings (SSSR count). The Bertz CT molecular complexity index is 437. The van der Waals surface area contributed by atoms with E-state index in [4.69, 9.17) is 4.74 Å². The summed E-state index contributed by atoms with van der Waals surface area (Å²) < 4.78 is 18.2. The van der Waals surface area contributed by atoms with Crippen molar-refractivity contribution in [3.63, 3.8) is 0 Å². The maximum absolute atomic E-state index is 13.3. The van der Waals surface area contributed by atoms with Gasteiger partial charge in [-0.3, -0.25) is 4.79 Å². The van der Waals surface area contributed by atoms with Gasteiger partial charge in [0.2, 0.25) is 5.91 Å². The molecule has 106 valence electrons. The number of rotatable bonds is 6. The van der Waals surface area contributed by atoms with Crippen LogP contribution in [0.5, 0.6) is 5.75 Å². The molecule has 0 aromatic heterocycles. The molecule has 0 bridgehead atoms. The van der Waals surface area contributed by atoms with Gasteiger partial charge in [0, 0.05) is 19.6 Å². The molecule has 0 aliphatic rings. The number of likely N-dealkylation sites (N-methyl/N-ethyl adjacent to an activating group) is 1. The zero-order chi connectivity index (χ0) is 14.4. The minimum absolute atomic E-state index is 0.0310. The molecule has 0 radical (unpaired) electrons. The van der Waals surface area contributed by atoms with Crippen LogP contribution in [0.1, 0.15) is 25.5 Å². The number of methoxy groups -OCH3 is 1. The molecule has 1 unspecified atom stereocenters. The van der Waals surface area contributed by atoms with E-state index in [0.717, 1.165) is 5.56 Å². The lowest BCUT2D eigenvalue weighted by atomic mass is 10.1. The summed E-state index contributed by atoms with van der Waals surface area (Å²) in [6.45, 7) is 4.78. The first-order valence-corrected chi connectivity index (χ1v) is 6.30. The van der Waals surface area contributed by atoms with Gasteiger partial charge in [-0.2, -0.15) is 0 Å². The Kier molecular flexibility index (Phi) is 5.76. The molecule has 0 aliphatic heterocycles. The zero-order valence-corrected chi connectivity index (χ0v) is 11.9. The minimum atomic E-state index is -0.389. The fourth-order valence-corrected chi connectivity index (χ4v) is 1.62. The van der Waals surface area contributed by atoms with Crippen molar-refractivity contribution in [2.24, 2.45) is 0 Å². The van der Waals surface area contributed by atoms with E-state index in [1.54, 1.807) is 24.1 Å². The Balaban J connectivity index is 2.63. The third-order valence-corrected chi connectivity index (χ3v) is 3.13.